The highest BCUT2D eigenvalue weighted by atomic mass is 16.6. The molecule has 7 heteroatoms. The van der Waals surface area contributed by atoms with Crippen molar-refractivity contribution in [2.24, 2.45) is 0 Å². The molecule has 0 atom stereocenters. The maximum atomic E-state index is 12.8. The number of oxazole rings is 1. The van der Waals surface area contributed by atoms with Crippen molar-refractivity contribution in [3.8, 4) is 5.75 Å². The second-order valence-electron chi connectivity index (χ2n) is 6.25. The van der Waals surface area contributed by atoms with E-state index < -0.39 is 6.09 Å². The molecule has 0 aliphatic rings. The van der Waals surface area contributed by atoms with E-state index in [1.807, 2.05) is 36.4 Å². The Hall–Kier alpha value is -4.13. The number of rotatable bonds is 5. The zero-order valence-corrected chi connectivity index (χ0v) is 15.2. The molecule has 0 bridgehead atoms. The van der Waals surface area contributed by atoms with Crippen molar-refractivity contribution in [3.05, 3.63) is 84.3 Å². The number of hydrogen-bond acceptors (Lipinski definition) is 6. The summed E-state index contributed by atoms with van der Waals surface area (Å²) in [5.74, 6) is -0.173. The standard InChI is InChI=1S/C22H16N2O5/c25-13-18-6-5-15(11-20(18)26)14-29-22(27)24(21-23-9-10-28-21)19-8-7-16-3-1-2-4-17(16)12-19/h1-13,26H,14H2. The molecule has 0 saturated heterocycles. The zero-order valence-electron chi connectivity index (χ0n) is 15.2. The lowest BCUT2D eigenvalue weighted by Gasteiger charge is -2.19. The van der Waals surface area contributed by atoms with Crippen LogP contribution in [-0.2, 0) is 11.3 Å². The fraction of sp³-hybridized carbons (Fsp3) is 0.0455. The predicted octanol–water partition coefficient (Wildman–Crippen LogP) is 4.82. The number of carbonyl (C=O) groups is 2. The van der Waals surface area contributed by atoms with Crippen LogP contribution in [0, 0.1) is 0 Å². The normalized spacial score (nSPS) is 10.6. The van der Waals surface area contributed by atoms with Crippen LogP contribution in [0.3, 0.4) is 0 Å². The van der Waals surface area contributed by atoms with Crippen LogP contribution in [0.2, 0.25) is 0 Å². The number of nitrogens with zero attached hydrogens (tertiary/aromatic N) is 2. The monoisotopic (exact) mass is 388 g/mol. The van der Waals surface area contributed by atoms with Crippen molar-refractivity contribution in [1.29, 1.82) is 0 Å². The Morgan fingerprint density at radius 2 is 1.93 bits per heavy atom. The van der Waals surface area contributed by atoms with E-state index in [0.717, 1.165) is 10.8 Å². The van der Waals surface area contributed by atoms with Crippen LogP contribution in [0.15, 0.2) is 77.5 Å². The second-order valence-corrected chi connectivity index (χ2v) is 6.25. The number of aromatic nitrogens is 1. The van der Waals surface area contributed by atoms with Gasteiger partial charge in [-0.1, -0.05) is 36.4 Å². The minimum Gasteiger partial charge on any atom is -0.507 e. The van der Waals surface area contributed by atoms with Gasteiger partial charge in [-0.05, 0) is 40.6 Å². The number of hydrogen-bond donors (Lipinski definition) is 1. The van der Waals surface area contributed by atoms with Crippen LogP contribution < -0.4 is 4.90 Å². The van der Waals surface area contributed by atoms with Gasteiger partial charge in [0.05, 0.1) is 17.4 Å². The summed E-state index contributed by atoms with van der Waals surface area (Å²) in [6.45, 7) is -0.101. The van der Waals surface area contributed by atoms with E-state index in [2.05, 4.69) is 4.98 Å². The van der Waals surface area contributed by atoms with Gasteiger partial charge in [-0.25, -0.2) is 9.78 Å². The maximum Gasteiger partial charge on any atom is 0.422 e. The van der Waals surface area contributed by atoms with E-state index in [9.17, 15) is 14.7 Å². The number of aldehydes is 1. The van der Waals surface area contributed by atoms with Gasteiger partial charge in [-0.3, -0.25) is 4.79 Å². The summed E-state index contributed by atoms with van der Waals surface area (Å²) in [6.07, 6.45) is 2.66. The number of phenols is 1. The Balaban J connectivity index is 1.60. The third-order valence-corrected chi connectivity index (χ3v) is 4.37. The Bertz CT molecular complexity index is 1170. The SMILES string of the molecule is O=Cc1ccc(COC(=O)N(c2ccc3ccccc3c2)c2ncco2)cc1O. The molecule has 1 heterocycles. The van der Waals surface area contributed by atoms with Crippen LogP contribution in [0.4, 0.5) is 16.5 Å². The molecule has 4 rings (SSSR count). The first-order valence-corrected chi connectivity index (χ1v) is 8.78. The second kappa shape index (κ2) is 7.85. The molecule has 1 aromatic heterocycles. The van der Waals surface area contributed by atoms with Crippen LogP contribution >= 0.6 is 0 Å². The summed E-state index contributed by atoms with van der Waals surface area (Å²) >= 11 is 0. The van der Waals surface area contributed by atoms with E-state index in [4.69, 9.17) is 9.15 Å². The minimum absolute atomic E-state index is 0.0735. The van der Waals surface area contributed by atoms with Gasteiger partial charge in [-0.15, -0.1) is 0 Å². The highest BCUT2D eigenvalue weighted by Crippen LogP contribution is 2.29. The van der Waals surface area contributed by atoms with Gasteiger partial charge >= 0.3 is 12.1 Å². The Morgan fingerprint density at radius 1 is 1.10 bits per heavy atom. The smallest absolute Gasteiger partial charge is 0.422 e. The number of amides is 1. The van der Waals surface area contributed by atoms with Crippen LogP contribution in [0.5, 0.6) is 5.75 Å². The predicted molar refractivity (Wildman–Crippen MR) is 106 cm³/mol. The van der Waals surface area contributed by atoms with Crippen LogP contribution in [0.25, 0.3) is 10.8 Å². The van der Waals surface area contributed by atoms with Crippen molar-refractivity contribution in [1.82, 2.24) is 4.98 Å². The van der Waals surface area contributed by atoms with Crippen molar-refractivity contribution in [2.75, 3.05) is 4.90 Å². The zero-order chi connectivity index (χ0) is 20.2. The molecular formula is C22H16N2O5. The Kier molecular flexibility index (Phi) is 4.94. The molecule has 1 amide bonds. The third kappa shape index (κ3) is 3.79. The molecule has 0 saturated carbocycles. The molecule has 7 nitrogen and oxygen atoms in total. The largest absolute Gasteiger partial charge is 0.507 e. The molecule has 0 aliphatic carbocycles. The van der Waals surface area contributed by atoms with Crippen molar-refractivity contribution >= 4 is 34.9 Å². The highest BCUT2D eigenvalue weighted by Gasteiger charge is 2.24. The van der Waals surface area contributed by atoms with Gasteiger partial charge in [0.25, 0.3) is 0 Å². The summed E-state index contributed by atoms with van der Waals surface area (Å²) in [6, 6.07) is 17.8. The van der Waals surface area contributed by atoms with Gasteiger partial charge in [0.2, 0.25) is 0 Å². The number of anilines is 2. The Labute approximate surface area is 165 Å². The number of aromatic hydroxyl groups is 1. The molecule has 0 aliphatic heterocycles. The molecule has 4 aromatic rings. The number of ether oxygens (including phenoxy) is 1. The fourth-order valence-corrected chi connectivity index (χ4v) is 2.92. The lowest BCUT2D eigenvalue weighted by Crippen LogP contribution is -2.27. The number of fused-ring (bicyclic) bond motifs is 1. The molecule has 0 unspecified atom stereocenters. The lowest BCUT2D eigenvalue weighted by atomic mass is 10.1. The molecule has 0 spiro atoms. The summed E-state index contributed by atoms with van der Waals surface area (Å²) < 4.78 is 10.7. The summed E-state index contributed by atoms with van der Waals surface area (Å²) in [4.78, 5) is 28.9. The highest BCUT2D eigenvalue weighted by molar-refractivity contribution is 5.97. The van der Waals surface area contributed by atoms with Gasteiger partial charge in [0.15, 0.2) is 6.29 Å². The van der Waals surface area contributed by atoms with Crippen molar-refractivity contribution in [2.45, 2.75) is 6.61 Å². The number of benzene rings is 3. The van der Waals surface area contributed by atoms with Gasteiger partial charge in [-0.2, -0.15) is 4.90 Å². The quantitative estimate of drug-likeness (QED) is 0.493. The third-order valence-electron chi connectivity index (χ3n) is 4.37. The number of phenolic OH excluding ortho intramolecular Hbond substituents is 1. The summed E-state index contributed by atoms with van der Waals surface area (Å²) in [5.41, 5.74) is 1.24. The summed E-state index contributed by atoms with van der Waals surface area (Å²) in [5, 5.41) is 11.8. The van der Waals surface area contributed by atoms with E-state index in [1.165, 1.54) is 29.5 Å². The molecule has 1 N–H and O–H groups in total. The van der Waals surface area contributed by atoms with Gasteiger partial charge in [0.1, 0.15) is 18.6 Å². The Morgan fingerprint density at radius 3 is 2.66 bits per heavy atom. The first kappa shape index (κ1) is 18.2. The molecule has 144 valence electrons. The molecular weight excluding hydrogens is 372 g/mol. The van der Waals surface area contributed by atoms with Gasteiger partial charge in [0, 0.05) is 0 Å². The molecule has 0 radical (unpaired) electrons. The minimum atomic E-state index is -0.693. The van der Waals surface area contributed by atoms with E-state index >= 15 is 0 Å². The van der Waals surface area contributed by atoms with Crippen LogP contribution in [-0.4, -0.2) is 22.5 Å². The first-order valence-electron chi connectivity index (χ1n) is 8.78. The first-order chi connectivity index (χ1) is 14.2. The molecule has 3 aromatic carbocycles. The van der Waals surface area contributed by atoms with Crippen molar-refractivity contribution in [3.63, 3.8) is 0 Å². The van der Waals surface area contributed by atoms with E-state index in [-0.39, 0.29) is 23.9 Å². The molecule has 29 heavy (non-hydrogen) atoms. The number of carbonyl (C=O) groups excluding carboxylic acids is 2. The van der Waals surface area contributed by atoms with Crippen molar-refractivity contribution < 1.29 is 23.8 Å². The average Bonchev–Trinajstić information content (AvgIpc) is 3.26. The molecule has 0 fully saturated rings. The van der Waals surface area contributed by atoms with Crippen LogP contribution in [0.1, 0.15) is 15.9 Å². The maximum absolute atomic E-state index is 12.8. The topological polar surface area (TPSA) is 92.9 Å². The average molecular weight is 388 g/mol. The summed E-state index contributed by atoms with van der Waals surface area (Å²) in [7, 11) is 0. The van der Waals surface area contributed by atoms with Gasteiger partial charge < -0.3 is 14.3 Å². The van der Waals surface area contributed by atoms with E-state index in [0.29, 0.717) is 17.5 Å². The fourth-order valence-electron chi connectivity index (χ4n) is 2.92. The van der Waals surface area contributed by atoms with E-state index in [1.54, 1.807) is 12.1 Å². The lowest BCUT2D eigenvalue weighted by molar-refractivity contribution is 0.112.